The van der Waals surface area contributed by atoms with E-state index in [4.69, 9.17) is 12.3 Å². The van der Waals surface area contributed by atoms with E-state index in [1.54, 1.807) is 0 Å². The molecular formula is C20H14F3N5O3. The van der Waals surface area contributed by atoms with Gasteiger partial charge in [0.15, 0.2) is 0 Å². The number of halogens is 3. The van der Waals surface area contributed by atoms with Gasteiger partial charge in [-0.3, -0.25) is 19.7 Å². The van der Waals surface area contributed by atoms with E-state index in [0.29, 0.717) is 11.6 Å². The van der Waals surface area contributed by atoms with E-state index in [1.165, 1.54) is 23.1 Å². The van der Waals surface area contributed by atoms with Crippen molar-refractivity contribution in [1.29, 1.82) is 0 Å². The molecule has 3 amide bonds. The molecule has 2 aromatic rings. The number of nitrogens with zero attached hydrogens (tertiary/aromatic N) is 3. The Morgan fingerprint density at radius 2 is 1.97 bits per heavy atom. The van der Waals surface area contributed by atoms with Crippen LogP contribution in [0.5, 0.6) is 0 Å². The summed E-state index contributed by atoms with van der Waals surface area (Å²) in [4.78, 5) is 44.3. The maximum absolute atomic E-state index is 13.6. The number of carbonyl (C=O) groups is 3. The minimum atomic E-state index is -4.77. The maximum atomic E-state index is 13.6. The van der Waals surface area contributed by atoms with E-state index in [9.17, 15) is 27.6 Å². The van der Waals surface area contributed by atoms with Crippen LogP contribution in [0.4, 0.5) is 24.7 Å². The summed E-state index contributed by atoms with van der Waals surface area (Å²) < 4.78 is 40.7. The van der Waals surface area contributed by atoms with Crippen molar-refractivity contribution in [1.82, 2.24) is 15.2 Å². The highest BCUT2D eigenvalue weighted by Crippen LogP contribution is 2.41. The van der Waals surface area contributed by atoms with E-state index >= 15 is 0 Å². The summed E-state index contributed by atoms with van der Waals surface area (Å²) >= 11 is 0. The summed E-state index contributed by atoms with van der Waals surface area (Å²) in [6.45, 7) is 6.98. The topological polar surface area (TPSA) is 110 Å². The van der Waals surface area contributed by atoms with Crippen LogP contribution in [0.3, 0.4) is 0 Å². The molecule has 4 rings (SSSR count). The number of anilines is 1. The first-order valence-electron chi connectivity index (χ1n) is 9.13. The number of hydrogen-bond acceptors (Lipinski definition) is 5. The van der Waals surface area contributed by atoms with Gasteiger partial charge in [-0.05, 0) is 30.2 Å². The van der Waals surface area contributed by atoms with Crippen LogP contribution in [-0.2, 0) is 22.3 Å². The minimum absolute atomic E-state index is 0.00521. The Morgan fingerprint density at radius 3 is 2.61 bits per heavy atom. The molecule has 0 radical (unpaired) electrons. The first-order valence-corrected chi connectivity index (χ1v) is 9.13. The molecule has 158 valence electrons. The van der Waals surface area contributed by atoms with Crippen LogP contribution in [0, 0.1) is 6.57 Å². The second-order valence-electron chi connectivity index (χ2n) is 7.17. The number of carbonyl (C=O) groups excluding carboxylic acids is 3. The van der Waals surface area contributed by atoms with Crippen LogP contribution in [0.2, 0.25) is 0 Å². The fraction of sp³-hybridized carbons (Fsp3) is 0.250. The second-order valence-corrected chi connectivity index (χ2v) is 7.17. The Kier molecular flexibility index (Phi) is 4.65. The SMILES string of the molecule is [C-]#[N+]c1cc(C(F)(F)F)c(-c2ccc3c(c2)CN(C2CCC(=O)NC2=O)C3=O)nc1N. The van der Waals surface area contributed by atoms with E-state index in [0.717, 1.165) is 0 Å². The number of piperidine rings is 1. The summed E-state index contributed by atoms with van der Waals surface area (Å²) in [5.41, 5.74) is 4.43. The Morgan fingerprint density at radius 1 is 1.23 bits per heavy atom. The van der Waals surface area contributed by atoms with Crippen molar-refractivity contribution in [2.75, 3.05) is 5.73 Å². The van der Waals surface area contributed by atoms with Crippen molar-refractivity contribution in [2.24, 2.45) is 0 Å². The Labute approximate surface area is 173 Å². The van der Waals surface area contributed by atoms with Gasteiger partial charge in [-0.2, -0.15) is 13.2 Å². The van der Waals surface area contributed by atoms with Gasteiger partial charge in [-0.1, -0.05) is 6.07 Å². The summed E-state index contributed by atoms with van der Waals surface area (Å²) in [6, 6.07) is 3.91. The summed E-state index contributed by atoms with van der Waals surface area (Å²) in [5, 5.41) is 2.19. The highest BCUT2D eigenvalue weighted by Gasteiger charge is 2.40. The van der Waals surface area contributed by atoms with Crippen LogP contribution in [-0.4, -0.2) is 33.6 Å². The normalized spacial score (nSPS) is 18.6. The Balaban J connectivity index is 1.73. The minimum Gasteiger partial charge on any atom is -0.392 e. The van der Waals surface area contributed by atoms with Gasteiger partial charge in [-0.25, -0.2) is 9.83 Å². The maximum Gasteiger partial charge on any atom is 0.417 e. The van der Waals surface area contributed by atoms with E-state index in [1.807, 2.05) is 0 Å². The first kappa shape index (κ1) is 20.3. The molecule has 1 unspecified atom stereocenters. The lowest BCUT2D eigenvalue weighted by molar-refractivity contribution is -0.138. The van der Waals surface area contributed by atoms with Gasteiger partial charge in [0, 0.05) is 24.1 Å². The number of hydrogen-bond donors (Lipinski definition) is 2. The first-order chi connectivity index (χ1) is 14.6. The van der Waals surface area contributed by atoms with Gasteiger partial charge < -0.3 is 10.6 Å². The Hall–Kier alpha value is -3.94. The van der Waals surface area contributed by atoms with Crippen LogP contribution in [0.15, 0.2) is 24.3 Å². The third kappa shape index (κ3) is 3.46. The molecule has 1 fully saturated rings. The van der Waals surface area contributed by atoms with E-state index in [2.05, 4.69) is 15.1 Å². The fourth-order valence-electron chi connectivity index (χ4n) is 3.76. The monoisotopic (exact) mass is 429 g/mol. The van der Waals surface area contributed by atoms with Gasteiger partial charge in [-0.15, -0.1) is 0 Å². The van der Waals surface area contributed by atoms with Gasteiger partial charge in [0.25, 0.3) is 5.91 Å². The number of amides is 3. The number of fused-ring (bicyclic) bond motifs is 1. The fourth-order valence-corrected chi connectivity index (χ4v) is 3.76. The standard InChI is InChI=1S/C20H14F3N5O3/c1-25-13-7-12(20(21,22)23)16(27-17(13)24)9-2-3-11-10(6-9)8-28(19(11)31)14-4-5-15(29)26-18(14)30/h2-3,6-7,14H,4-5,8H2,(H2,24,27)(H,26,29,30). The van der Waals surface area contributed by atoms with Crippen LogP contribution in [0.25, 0.3) is 16.1 Å². The number of pyridine rings is 1. The molecule has 1 atom stereocenters. The zero-order chi connectivity index (χ0) is 22.5. The molecule has 3 N–H and O–H groups in total. The van der Waals surface area contributed by atoms with Gasteiger partial charge in [0.2, 0.25) is 17.5 Å². The second kappa shape index (κ2) is 7.09. The van der Waals surface area contributed by atoms with Crippen molar-refractivity contribution in [3.05, 3.63) is 52.4 Å². The average molecular weight is 429 g/mol. The third-order valence-corrected chi connectivity index (χ3v) is 5.25. The zero-order valence-corrected chi connectivity index (χ0v) is 15.8. The lowest BCUT2D eigenvalue weighted by Crippen LogP contribution is -2.52. The van der Waals surface area contributed by atoms with Gasteiger partial charge in [0.1, 0.15) is 11.9 Å². The van der Waals surface area contributed by atoms with Crippen molar-refractivity contribution in [2.45, 2.75) is 31.6 Å². The number of aromatic nitrogens is 1. The summed E-state index contributed by atoms with van der Waals surface area (Å²) in [6.07, 6.45) is -4.51. The Bertz CT molecular complexity index is 1190. The molecule has 1 saturated heterocycles. The zero-order valence-electron chi connectivity index (χ0n) is 15.8. The third-order valence-electron chi connectivity index (χ3n) is 5.25. The molecule has 0 saturated carbocycles. The molecule has 0 spiro atoms. The predicted molar refractivity (Wildman–Crippen MR) is 101 cm³/mol. The van der Waals surface area contributed by atoms with Crippen LogP contribution in [0.1, 0.15) is 34.3 Å². The molecule has 2 aliphatic heterocycles. The predicted octanol–water partition coefficient (Wildman–Crippen LogP) is 2.66. The molecule has 31 heavy (non-hydrogen) atoms. The molecule has 2 aliphatic rings. The number of nitrogens with two attached hydrogens (primary N) is 1. The van der Waals surface area contributed by atoms with Crippen molar-refractivity contribution < 1.29 is 27.6 Å². The molecule has 1 aromatic carbocycles. The quantitative estimate of drug-likeness (QED) is 0.564. The number of nitrogen functional groups attached to an aromatic ring is 1. The van der Waals surface area contributed by atoms with Crippen molar-refractivity contribution in [3.8, 4) is 11.3 Å². The van der Waals surface area contributed by atoms with E-state index < -0.39 is 46.9 Å². The molecular weight excluding hydrogens is 415 g/mol. The van der Waals surface area contributed by atoms with Crippen LogP contribution < -0.4 is 11.1 Å². The smallest absolute Gasteiger partial charge is 0.392 e. The number of imide groups is 1. The molecule has 0 aliphatic carbocycles. The summed E-state index contributed by atoms with van der Waals surface area (Å²) in [7, 11) is 0. The van der Waals surface area contributed by atoms with E-state index in [-0.39, 0.29) is 36.3 Å². The van der Waals surface area contributed by atoms with Gasteiger partial charge >= 0.3 is 6.18 Å². The highest BCUT2D eigenvalue weighted by molar-refractivity contribution is 6.05. The lowest BCUT2D eigenvalue weighted by atomic mass is 10.00. The summed E-state index contributed by atoms with van der Waals surface area (Å²) in [5.74, 6) is -1.78. The number of rotatable bonds is 2. The average Bonchev–Trinajstić information content (AvgIpc) is 3.02. The van der Waals surface area contributed by atoms with Crippen molar-refractivity contribution in [3.63, 3.8) is 0 Å². The van der Waals surface area contributed by atoms with Crippen molar-refractivity contribution >= 4 is 29.2 Å². The number of nitrogens with one attached hydrogen (secondary N) is 1. The number of benzene rings is 1. The molecule has 8 nitrogen and oxygen atoms in total. The number of alkyl halides is 3. The molecule has 0 bridgehead atoms. The largest absolute Gasteiger partial charge is 0.417 e. The highest BCUT2D eigenvalue weighted by atomic mass is 19.4. The molecule has 11 heteroatoms. The van der Waals surface area contributed by atoms with Gasteiger partial charge in [0.05, 0.1) is 17.8 Å². The molecule has 1 aromatic heterocycles. The van der Waals surface area contributed by atoms with Crippen LogP contribution >= 0.6 is 0 Å². The molecule has 3 heterocycles. The lowest BCUT2D eigenvalue weighted by Gasteiger charge is -2.29.